The number of aromatic amines is 2. The second-order valence-corrected chi connectivity index (χ2v) is 22.7. The number of fused-ring (bicyclic) bond motifs is 2. The van der Waals surface area contributed by atoms with Gasteiger partial charge in [0, 0.05) is 24.5 Å². The summed E-state index contributed by atoms with van der Waals surface area (Å²) in [6, 6.07) is 1.83. The number of aromatic nitrogens is 12. The predicted molar refractivity (Wildman–Crippen MR) is 266 cm³/mol. The Kier molecular flexibility index (Phi) is 16.5. The number of phosphoric acid groups is 3. The van der Waals surface area contributed by atoms with Gasteiger partial charge in [0.15, 0.2) is 36.2 Å². The molecule has 0 radical (unpaired) electrons. The summed E-state index contributed by atoms with van der Waals surface area (Å²) in [5.74, 6) is -1.52. The van der Waals surface area contributed by atoms with Gasteiger partial charge >= 0.3 is 34.8 Å². The van der Waals surface area contributed by atoms with E-state index < -0.39 is 182 Å². The minimum atomic E-state index is -5.74. The topological polar surface area (TPSA) is 627 Å². The molecule has 4 fully saturated rings. The van der Waals surface area contributed by atoms with Gasteiger partial charge in [0.05, 0.1) is 39.1 Å². The van der Waals surface area contributed by atoms with Crippen molar-refractivity contribution in [1.82, 2.24) is 58.1 Å². The van der Waals surface area contributed by atoms with Gasteiger partial charge in [-0.05, 0) is 0 Å². The largest absolute Gasteiger partial charge is 0.472 e. The highest BCUT2D eigenvalue weighted by Gasteiger charge is 2.55. The van der Waals surface area contributed by atoms with E-state index in [9.17, 15) is 78.2 Å². The van der Waals surface area contributed by atoms with Crippen molar-refractivity contribution in [3.05, 3.63) is 78.9 Å². The SMILES string of the molecule is Nc1[nH]c(=O)nc2c1ncn2[C@@H]1O[C@H](COP(=O)(O)O[C@H]2[C@@H](O)[C@H](n3ccc(=O)nc3N)O[C@@H]2COP(=O)(O)O[C@H]2[C@@H](O)[C@H](n3cnc4c(N)[nH]c(=O)nc43)O[C@@H]2COP(=O)(O)O[C@H]2[C@@H](O)[C@H](n3ccc(=O)nc3N)O[C@@H]2CO)[C@@H](O)[C@H]1O. The number of hydrogen-bond acceptors (Lipinski definition) is 33. The molecule has 6 aromatic rings. The van der Waals surface area contributed by atoms with Gasteiger partial charge in [0.2, 0.25) is 11.9 Å². The number of phosphoric ester groups is 3. The van der Waals surface area contributed by atoms with Gasteiger partial charge in [-0.2, -0.15) is 19.9 Å². The molecular weight excluding hydrogens is 1190 g/mol. The molecular formula is C38H49N16O26P3. The molecule has 19 N–H and O–H groups in total. The van der Waals surface area contributed by atoms with E-state index in [1.807, 2.05) is 0 Å². The van der Waals surface area contributed by atoms with E-state index in [1.54, 1.807) is 0 Å². The highest BCUT2D eigenvalue weighted by atomic mass is 31.2. The maximum absolute atomic E-state index is 14.0. The standard InChI is InChI=1S/C38H49N16O26P3/c39-27-17-29(49-37(63)47-27)53(9-43-17)31-20(59)19(58)12(75-31)6-71-81(65,66)79-25-13(76-33(22(25)61)52-4-2-16(57)46-36(52)42)7-73-83(69,70)80-26-14(77-34(23(26)62)54-10-44-18-28(40)48-38(64)50-30(18)54)8-72-82(67,68)78-24-11(5-55)74-32(21(24)60)51-3-1-15(56)45-35(51)41/h1-4,9-14,19-26,31-34,55,58-62H,5-8H2,(H,65,66)(H,67,68)(H,69,70)(H2,41,45,56)(H2,42,46,57)(H3,39,47,49,63)(H3,40,48,50,64)/t11-,12-,13-,14-,19-,20-,21-,22-,23-,24-,25-,26-,31-,32-,33-,34-/m1/s1. The number of ether oxygens (including phenoxy) is 4. The van der Waals surface area contributed by atoms with Gasteiger partial charge < -0.3 is 87.2 Å². The van der Waals surface area contributed by atoms with Crippen molar-refractivity contribution in [2.75, 3.05) is 49.4 Å². The normalized spacial score (nSPS) is 32.3. The minimum Gasteiger partial charge on any atom is -0.394 e. The highest BCUT2D eigenvalue weighted by molar-refractivity contribution is 7.48. The van der Waals surface area contributed by atoms with Crippen LogP contribution in [0, 0.1) is 0 Å². The molecule has 19 atom stereocenters. The lowest BCUT2D eigenvalue weighted by atomic mass is 10.1. The van der Waals surface area contributed by atoms with Crippen LogP contribution in [-0.4, -0.2) is 203 Å². The Labute approximate surface area is 458 Å². The molecule has 452 valence electrons. The van der Waals surface area contributed by atoms with Gasteiger partial charge in [0.1, 0.15) is 95.9 Å². The van der Waals surface area contributed by atoms with Gasteiger partial charge in [0.25, 0.3) is 11.1 Å². The third kappa shape index (κ3) is 12.0. The molecule has 0 aromatic carbocycles. The minimum absolute atomic E-state index is 0.0114. The van der Waals surface area contributed by atoms with Crippen LogP contribution in [0.1, 0.15) is 24.9 Å². The molecule has 10 rings (SSSR count). The molecule has 0 bridgehead atoms. The first-order chi connectivity index (χ1) is 39.1. The average Bonchev–Trinajstić information content (AvgIpc) is 2.90. The Morgan fingerprint density at radius 2 is 0.855 bits per heavy atom. The third-order valence-corrected chi connectivity index (χ3v) is 16.1. The molecule has 0 amide bonds. The number of H-pyrrole nitrogens is 2. The molecule has 42 nitrogen and oxygen atoms in total. The lowest BCUT2D eigenvalue weighted by molar-refractivity contribution is -0.0637. The Morgan fingerprint density at radius 1 is 0.506 bits per heavy atom. The van der Waals surface area contributed by atoms with Crippen LogP contribution < -0.4 is 45.4 Å². The van der Waals surface area contributed by atoms with Crippen LogP contribution in [0.4, 0.5) is 23.5 Å². The van der Waals surface area contributed by atoms with Crippen LogP contribution in [0.5, 0.6) is 0 Å². The van der Waals surface area contributed by atoms with Crippen molar-refractivity contribution >= 4 is 69.3 Å². The van der Waals surface area contributed by atoms with Crippen LogP contribution in [0.2, 0.25) is 0 Å². The molecule has 45 heteroatoms. The quantitative estimate of drug-likeness (QED) is 0.0316. The first kappa shape index (κ1) is 59.7. The van der Waals surface area contributed by atoms with Gasteiger partial charge in [-0.15, -0.1) is 0 Å². The van der Waals surface area contributed by atoms with E-state index >= 15 is 0 Å². The summed E-state index contributed by atoms with van der Waals surface area (Å²) in [6.07, 6.45) is -25.8. The molecule has 0 spiro atoms. The number of imidazole rings is 2. The number of nitrogen functional groups attached to an aromatic ring is 4. The molecule has 6 aromatic heterocycles. The number of rotatable bonds is 20. The monoisotopic (exact) mass is 1240 g/mol. The number of aliphatic hydroxyl groups is 6. The van der Waals surface area contributed by atoms with Gasteiger partial charge in [-0.1, -0.05) is 0 Å². The second-order valence-electron chi connectivity index (χ2n) is 18.5. The van der Waals surface area contributed by atoms with Gasteiger partial charge in [-0.25, -0.2) is 33.3 Å². The van der Waals surface area contributed by atoms with E-state index in [0.717, 1.165) is 55.4 Å². The number of hydrogen-bond donors (Lipinski definition) is 15. The van der Waals surface area contributed by atoms with Crippen molar-refractivity contribution in [3.63, 3.8) is 0 Å². The summed E-state index contributed by atoms with van der Waals surface area (Å²) >= 11 is 0. The van der Waals surface area contributed by atoms with E-state index in [-0.39, 0.29) is 34.0 Å². The zero-order valence-corrected chi connectivity index (χ0v) is 44.3. The van der Waals surface area contributed by atoms with Crippen LogP contribution in [0.15, 0.2) is 56.4 Å². The summed E-state index contributed by atoms with van der Waals surface area (Å²) in [5.41, 5.74) is 19.3. The molecule has 4 saturated heterocycles. The molecule has 0 saturated carbocycles. The van der Waals surface area contributed by atoms with E-state index in [4.69, 9.17) is 69.0 Å². The summed E-state index contributed by atoms with van der Waals surface area (Å²) in [4.78, 5) is 108. The fourth-order valence-electron chi connectivity index (χ4n) is 9.37. The van der Waals surface area contributed by atoms with E-state index in [2.05, 4.69) is 39.9 Å². The van der Waals surface area contributed by atoms with E-state index in [1.165, 1.54) is 0 Å². The fraction of sp³-hybridized carbons (Fsp3) is 0.526. The summed E-state index contributed by atoms with van der Waals surface area (Å²) in [6.45, 7) is -4.44. The second kappa shape index (κ2) is 22.9. The third-order valence-electron chi connectivity index (χ3n) is 13.2. The lowest BCUT2D eigenvalue weighted by Gasteiger charge is -2.26. The maximum Gasteiger partial charge on any atom is 0.472 e. The van der Waals surface area contributed by atoms with Crippen molar-refractivity contribution < 1.29 is 105 Å². The van der Waals surface area contributed by atoms with Crippen LogP contribution in [0.3, 0.4) is 0 Å². The van der Waals surface area contributed by atoms with Crippen molar-refractivity contribution in [2.45, 2.75) is 98.2 Å². The molecule has 4 aliphatic heterocycles. The van der Waals surface area contributed by atoms with E-state index in [0.29, 0.717) is 0 Å². The summed E-state index contributed by atoms with van der Waals surface area (Å²) in [5, 5.41) is 66.2. The van der Waals surface area contributed by atoms with Crippen molar-refractivity contribution in [3.8, 4) is 0 Å². The molecule has 0 aliphatic carbocycles. The first-order valence-corrected chi connectivity index (χ1v) is 28.4. The molecule has 4 aliphatic rings. The number of nitrogens with two attached hydrogens (primary N) is 4. The summed E-state index contributed by atoms with van der Waals surface area (Å²) in [7, 11) is -16.8. The smallest absolute Gasteiger partial charge is 0.394 e. The Hall–Kier alpha value is -6.41. The predicted octanol–water partition coefficient (Wildman–Crippen LogP) is -7.01. The van der Waals surface area contributed by atoms with Crippen LogP contribution in [0.25, 0.3) is 22.3 Å². The zero-order valence-electron chi connectivity index (χ0n) is 41.6. The zero-order chi connectivity index (χ0) is 59.8. The number of nitrogens with one attached hydrogen (secondary N) is 2. The molecule has 83 heavy (non-hydrogen) atoms. The van der Waals surface area contributed by atoms with Gasteiger partial charge in [-0.3, -0.25) is 65.0 Å². The maximum atomic E-state index is 14.0. The lowest BCUT2D eigenvalue weighted by Crippen LogP contribution is -2.38. The Bertz CT molecular complexity index is 3810. The molecule has 10 heterocycles. The first-order valence-electron chi connectivity index (χ1n) is 23.9. The van der Waals surface area contributed by atoms with Crippen LogP contribution >= 0.6 is 23.5 Å². The number of nitrogens with zero attached hydrogens (tertiary/aromatic N) is 10. The number of anilines is 4. The Morgan fingerprint density at radius 3 is 1.25 bits per heavy atom. The summed E-state index contributed by atoms with van der Waals surface area (Å²) < 4.78 is 99.5. The van der Waals surface area contributed by atoms with Crippen LogP contribution in [-0.2, 0) is 59.8 Å². The molecule has 3 unspecified atom stereocenters. The Balaban J connectivity index is 0.861. The highest BCUT2D eigenvalue weighted by Crippen LogP contribution is 2.54. The number of aliphatic hydroxyl groups excluding tert-OH is 6. The fourth-order valence-corrected chi connectivity index (χ4v) is 12.3. The average molecular weight is 1240 g/mol. The van der Waals surface area contributed by atoms with Crippen molar-refractivity contribution in [2.24, 2.45) is 0 Å². The van der Waals surface area contributed by atoms with Crippen molar-refractivity contribution in [1.29, 1.82) is 0 Å².